The Morgan fingerprint density at radius 2 is 1.18 bits per heavy atom. The second kappa shape index (κ2) is 20.9. The first-order valence-corrected chi connectivity index (χ1v) is 23.6. The van der Waals surface area contributed by atoms with E-state index in [9.17, 15) is 0 Å². The summed E-state index contributed by atoms with van der Waals surface area (Å²) in [4.78, 5) is 12.6. The van der Waals surface area contributed by atoms with Gasteiger partial charge in [0.25, 0.3) is 0 Å². The number of piperazine rings is 1. The summed E-state index contributed by atoms with van der Waals surface area (Å²) in [7, 11) is 0. The fraction of sp³-hybridized carbons (Fsp3) is 0.538. The molecule has 306 valence electrons. The van der Waals surface area contributed by atoms with Crippen molar-refractivity contribution in [3.63, 3.8) is 0 Å². The van der Waals surface area contributed by atoms with Crippen molar-refractivity contribution in [1.29, 1.82) is 0 Å². The Labute approximate surface area is 349 Å². The molecule has 2 aliphatic rings. The Morgan fingerprint density at radius 3 is 1.84 bits per heavy atom. The highest BCUT2D eigenvalue weighted by Crippen LogP contribution is 2.54. The van der Waals surface area contributed by atoms with Crippen LogP contribution in [0.15, 0.2) is 79.0 Å². The fourth-order valence-corrected chi connectivity index (χ4v) is 10.4. The first-order valence-electron chi connectivity index (χ1n) is 23.2. The van der Waals surface area contributed by atoms with Crippen LogP contribution in [0, 0.1) is 5.41 Å². The van der Waals surface area contributed by atoms with Crippen LogP contribution >= 0.6 is 11.6 Å². The van der Waals surface area contributed by atoms with E-state index in [0.717, 1.165) is 37.6 Å². The van der Waals surface area contributed by atoms with Gasteiger partial charge in [0.15, 0.2) is 0 Å². The van der Waals surface area contributed by atoms with Gasteiger partial charge in [-0.3, -0.25) is 0 Å². The fourth-order valence-electron chi connectivity index (χ4n) is 10.3. The molecule has 1 saturated heterocycles. The van der Waals surface area contributed by atoms with Crippen LogP contribution in [0.2, 0.25) is 5.02 Å². The number of unbranched alkanes of at least 4 members (excludes halogenated alkanes) is 14. The number of fused-ring (bicyclic) bond motifs is 2. The van der Waals surface area contributed by atoms with Gasteiger partial charge < -0.3 is 19.8 Å². The molecule has 0 saturated carbocycles. The highest BCUT2D eigenvalue weighted by Gasteiger charge is 2.37. The summed E-state index contributed by atoms with van der Waals surface area (Å²) in [6, 6.07) is 26.8. The maximum atomic E-state index is 6.57. The average Bonchev–Trinajstić information content (AvgIpc) is 3.89. The molecule has 2 N–H and O–H groups in total. The Morgan fingerprint density at radius 1 is 0.579 bits per heavy atom. The lowest BCUT2D eigenvalue weighted by atomic mass is 9.64. The lowest BCUT2D eigenvalue weighted by Gasteiger charge is -2.41. The van der Waals surface area contributed by atoms with Gasteiger partial charge in [0.1, 0.15) is 5.82 Å². The van der Waals surface area contributed by atoms with Gasteiger partial charge in [-0.25, -0.2) is 0 Å². The third kappa shape index (κ3) is 10.5. The molecule has 4 nitrogen and oxygen atoms in total. The van der Waals surface area contributed by atoms with Crippen LogP contribution in [0.4, 0.5) is 11.5 Å². The monoisotopic (exact) mass is 787 g/mol. The first kappa shape index (κ1) is 41.5. The molecule has 3 heterocycles. The van der Waals surface area contributed by atoms with Crippen LogP contribution in [0.5, 0.6) is 0 Å². The van der Waals surface area contributed by atoms with Crippen molar-refractivity contribution in [2.45, 2.75) is 149 Å². The summed E-state index contributed by atoms with van der Waals surface area (Å²) in [6.07, 6.45) is 30.6. The maximum absolute atomic E-state index is 6.57. The number of H-pyrrole nitrogens is 2. The highest BCUT2D eigenvalue weighted by atomic mass is 35.5. The van der Waals surface area contributed by atoms with E-state index in [-0.39, 0.29) is 0 Å². The quantitative estimate of drug-likeness (QED) is 0.0686. The largest absolute Gasteiger partial charge is 0.367 e. The zero-order valence-electron chi connectivity index (χ0n) is 35.5. The lowest BCUT2D eigenvalue weighted by molar-refractivity contribution is 0.206. The van der Waals surface area contributed by atoms with Crippen LogP contribution in [0.3, 0.4) is 0 Å². The summed E-state index contributed by atoms with van der Waals surface area (Å²) >= 11 is 6.57. The summed E-state index contributed by atoms with van der Waals surface area (Å²) in [6.45, 7) is 8.63. The van der Waals surface area contributed by atoms with Crippen LogP contribution in [-0.4, -0.2) is 36.1 Å². The Balaban J connectivity index is 1.16. The predicted molar refractivity (Wildman–Crippen MR) is 250 cm³/mol. The van der Waals surface area contributed by atoms with E-state index < -0.39 is 0 Å². The summed E-state index contributed by atoms with van der Waals surface area (Å²) in [5.41, 5.74) is 10.1. The van der Waals surface area contributed by atoms with E-state index in [2.05, 4.69) is 113 Å². The Kier molecular flexibility index (Phi) is 15.2. The van der Waals surface area contributed by atoms with Gasteiger partial charge in [0.05, 0.1) is 0 Å². The maximum Gasteiger partial charge on any atom is 0.114 e. The van der Waals surface area contributed by atoms with Crippen LogP contribution in [-0.2, 0) is 0 Å². The molecule has 2 aromatic heterocycles. The molecule has 0 atom stereocenters. The molecule has 1 aliphatic carbocycles. The minimum absolute atomic E-state index is 0.361. The molecule has 5 heteroatoms. The third-order valence-corrected chi connectivity index (χ3v) is 13.9. The molecular formula is C52H71ClN4. The number of rotatable bonds is 22. The average molecular weight is 788 g/mol. The molecule has 7 rings (SSSR count). The third-order valence-electron chi connectivity index (χ3n) is 13.6. The summed E-state index contributed by atoms with van der Waals surface area (Å²) in [5.74, 6) is 1.32. The smallest absolute Gasteiger partial charge is 0.114 e. The van der Waals surface area contributed by atoms with Crippen molar-refractivity contribution < 1.29 is 0 Å². The number of halogens is 1. The van der Waals surface area contributed by atoms with E-state index in [1.165, 1.54) is 173 Å². The Hall–Kier alpha value is -3.63. The van der Waals surface area contributed by atoms with Gasteiger partial charge >= 0.3 is 0 Å². The van der Waals surface area contributed by atoms with Gasteiger partial charge in [-0.2, -0.15) is 0 Å². The number of nitrogens with zero attached hydrogens (tertiary/aromatic N) is 2. The zero-order chi connectivity index (χ0) is 39.3. The van der Waals surface area contributed by atoms with Gasteiger partial charge in [0.2, 0.25) is 0 Å². The Bertz CT molecular complexity index is 1970. The van der Waals surface area contributed by atoms with Crippen molar-refractivity contribution in [2.75, 3.05) is 36.0 Å². The number of para-hydroxylation sites is 1. The molecule has 57 heavy (non-hydrogen) atoms. The number of hydrogen-bond donors (Lipinski definition) is 2. The van der Waals surface area contributed by atoms with Gasteiger partial charge in [0, 0.05) is 70.5 Å². The molecule has 0 spiro atoms. The normalized spacial score (nSPS) is 16.1. The van der Waals surface area contributed by atoms with Gasteiger partial charge in [-0.05, 0) is 90.6 Å². The van der Waals surface area contributed by atoms with Crippen LogP contribution in [0.1, 0.15) is 160 Å². The van der Waals surface area contributed by atoms with Crippen molar-refractivity contribution in [2.24, 2.45) is 5.41 Å². The summed E-state index contributed by atoms with van der Waals surface area (Å²) in [5, 5.41) is 3.51. The van der Waals surface area contributed by atoms with E-state index >= 15 is 0 Å². The van der Waals surface area contributed by atoms with Crippen LogP contribution in [0.25, 0.3) is 33.0 Å². The second-order valence-corrected chi connectivity index (χ2v) is 18.1. The number of anilines is 2. The number of benzene rings is 3. The molecule has 0 unspecified atom stereocenters. The molecule has 3 aromatic carbocycles. The molecule has 0 amide bonds. The molecule has 1 fully saturated rings. The molecule has 1 aliphatic heterocycles. The number of hydrogen-bond acceptors (Lipinski definition) is 2. The van der Waals surface area contributed by atoms with Crippen LogP contribution < -0.4 is 9.80 Å². The summed E-state index contributed by atoms with van der Waals surface area (Å²) < 4.78 is 0. The molecule has 5 aromatic rings. The molecule has 0 bridgehead atoms. The van der Waals surface area contributed by atoms with Crippen molar-refractivity contribution in [3.05, 3.63) is 95.1 Å². The SMILES string of the molecule is CCCCCCCCCCC1(CCCCCCCCCC)CCC(c2c(N3CCN(c4cccc5[nH]ccc45)CC3)[nH]c3ccccc23)=C(c2ccc(Cl)cc2)C1. The second-order valence-electron chi connectivity index (χ2n) is 17.7. The van der Waals surface area contributed by atoms with Crippen molar-refractivity contribution >= 4 is 56.1 Å². The number of aromatic nitrogens is 2. The molecule has 0 radical (unpaired) electrons. The van der Waals surface area contributed by atoms with E-state index in [0.29, 0.717) is 5.41 Å². The zero-order valence-corrected chi connectivity index (χ0v) is 36.2. The van der Waals surface area contributed by atoms with Gasteiger partial charge in [-0.1, -0.05) is 165 Å². The number of aromatic amines is 2. The number of allylic oxidation sites excluding steroid dienone is 2. The van der Waals surface area contributed by atoms with Crippen molar-refractivity contribution in [3.8, 4) is 0 Å². The minimum Gasteiger partial charge on any atom is -0.367 e. The van der Waals surface area contributed by atoms with Gasteiger partial charge in [-0.15, -0.1) is 0 Å². The first-order chi connectivity index (χ1) is 28.1. The number of nitrogens with one attached hydrogen (secondary N) is 2. The van der Waals surface area contributed by atoms with E-state index in [1.807, 2.05) is 0 Å². The predicted octanol–water partition coefficient (Wildman–Crippen LogP) is 15.8. The lowest BCUT2D eigenvalue weighted by Crippen LogP contribution is -2.47. The standard InChI is InChI=1S/C52H71ClN4/c1-3-5-7-9-11-13-15-19-32-52(33-20-16-14-12-10-8-6-4-2)34-30-43(46(40-52)41-26-28-42(53)29-27-41)50-45-22-17-18-23-48(45)55-51(50)57-38-36-56(37-39-57)49-25-21-24-47-44(49)31-35-54-47/h17-18,21-29,31,35,54-55H,3-16,19-20,30,32-34,36-40H2,1-2H3. The topological polar surface area (TPSA) is 38.1 Å². The minimum atomic E-state index is 0.361. The van der Waals surface area contributed by atoms with Crippen molar-refractivity contribution in [1.82, 2.24) is 9.97 Å². The molecular weight excluding hydrogens is 716 g/mol. The van der Waals surface area contributed by atoms with E-state index in [4.69, 9.17) is 11.6 Å². The highest BCUT2D eigenvalue weighted by molar-refractivity contribution is 6.30. The van der Waals surface area contributed by atoms with E-state index in [1.54, 1.807) is 11.1 Å².